The Morgan fingerprint density at radius 2 is 2.00 bits per heavy atom. The molecule has 23 heavy (non-hydrogen) atoms. The smallest absolute Gasteiger partial charge is 0.234 e. The van der Waals surface area contributed by atoms with Crippen LogP contribution >= 0.6 is 0 Å². The average molecular weight is 336 g/mol. The van der Waals surface area contributed by atoms with E-state index in [-0.39, 0.29) is 30.0 Å². The number of carbonyl (C=O) groups excluding carboxylic acids is 1. The lowest BCUT2D eigenvalue weighted by Crippen LogP contribution is -2.70. The first-order valence-electron chi connectivity index (χ1n) is 7.60. The van der Waals surface area contributed by atoms with Crippen molar-refractivity contribution in [2.45, 2.75) is 31.5 Å². The van der Waals surface area contributed by atoms with Crippen LogP contribution in [0.1, 0.15) is 18.9 Å². The van der Waals surface area contributed by atoms with E-state index in [2.05, 4.69) is 10.0 Å². The molecule has 4 atom stereocenters. The molecule has 6 nitrogen and oxygen atoms in total. The molecule has 1 saturated carbocycles. The normalized spacial score (nSPS) is 30.0. The van der Waals surface area contributed by atoms with Crippen LogP contribution in [-0.4, -0.2) is 39.1 Å². The number of hydrogen-bond donors (Lipinski definition) is 2. The van der Waals surface area contributed by atoms with E-state index < -0.39 is 10.0 Å². The van der Waals surface area contributed by atoms with E-state index in [4.69, 9.17) is 4.74 Å². The van der Waals surface area contributed by atoms with Gasteiger partial charge in [-0.3, -0.25) is 4.79 Å². The third kappa shape index (κ3) is 3.63. The molecule has 0 radical (unpaired) electrons. The van der Waals surface area contributed by atoms with Crippen LogP contribution in [0, 0.1) is 5.92 Å². The van der Waals surface area contributed by atoms with Gasteiger partial charge in [-0.1, -0.05) is 30.3 Å². The number of nitrogens with one attached hydrogen (secondary N) is 2. The minimum atomic E-state index is -3.58. The number of fused-ring (bicyclic) bond motifs is 1. The van der Waals surface area contributed by atoms with Gasteiger partial charge in [-0.05, 0) is 18.1 Å². The summed E-state index contributed by atoms with van der Waals surface area (Å²) in [6.45, 7) is 2.02. The van der Waals surface area contributed by atoms with Crippen molar-refractivity contribution in [1.29, 1.82) is 0 Å². The Bertz CT molecular complexity index is 702. The maximum atomic E-state index is 12.3. The third-order valence-corrected chi connectivity index (χ3v) is 5.39. The molecule has 1 aliphatic carbocycles. The van der Waals surface area contributed by atoms with E-state index in [1.807, 2.05) is 30.3 Å². The van der Waals surface area contributed by atoms with Gasteiger partial charge in [0.05, 0.1) is 18.2 Å². The molecule has 1 aromatic carbocycles. The number of ether oxygens (including phenoxy) is 1. The molecule has 2 aliphatic rings. The second-order valence-electron chi connectivity index (χ2n) is 5.92. The molecule has 0 aromatic heterocycles. The molecule has 0 bridgehead atoms. The molecule has 124 valence electrons. The van der Waals surface area contributed by atoms with Crippen LogP contribution < -0.4 is 10.0 Å². The van der Waals surface area contributed by atoms with Gasteiger partial charge < -0.3 is 10.1 Å². The highest BCUT2D eigenvalue weighted by atomic mass is 32.2. The van der Waals surface area contributed by atoms with E-state index in [9.17, 15) is 13.2 Å². The van der Waals surface area contributed by atoms with Crippen LogP contribution in [0.3, 0.4) is 0 Å². The molecular formula is C16H20N2O4S. The molecule has 1 amide bonds. The second kappa shape index (κ2) is 6.43. The van der Waals surface area contributed by atoms with Crippen LogP contribution in [0.15, 0.2) is 35.7 Å². The molecule has 0 unspecified atom stereocenters. The Kier molecular flexibility index (Phi) is 4.52. The van der Waals surface area contributed by atoms with Crippen molar-refractivity contribution in [3.63, 3.8) is 0 Å². The van der Waals surface area contributed by atoms with Gasteiger partial charge in [0.2, 0.25) is 15.9 Å². The summed E-state index contributed by atoms with van der Waals surface area (Å²) in [7, 11) is -3.58. The third-order valence-electron chi connectivity index (χ3n) is 4.30. The quantitative estimate of drug-likeness (QED) is 0.835. The zero-order valence-corrected chi connectivity index (χ0v) is 13.6. The molecule has 2 N–H and O–H groups in total. The fourth-order valence-corrected chi connectivity index (χ4v) is 4.35. The SMILES string of the molecule is CC(=O)N[C@H]1[C@H](NS(=O)(=O)/C=C/c2ccccc2)[C@@H]2CCO[C@@H]21. The van der Waals surface area contributed by atoms with E-state index in [0.29, 0.717) is 6.61 Å². The molecule has 1 aliphatic heterocycles. The summed E-state index contributed by atoms with van der Waals surface area (Å²) in [6.07, 6.45) is 2.26. The summed E-state index contributed by atoms with van der Waals surface area (Å²) >= 11 is 0. The van der Waals surface area contributed by atoms with Gasteiger partial charge >= 0.3 is 0 Å². The number of hydrogen-bond acceptors (Lipinski definition) is 4. The number of amides is 1. The molecule has 0 spiro atoms. The summed E-state index contributed by atoms with van der Waals surface area (Å²) in [6, 6.07) is 8.60. The molecule has 2 fully saturated rings. The van der Waals surface area contributed by atoms with Gasteiger partial charge in [-0.2, -0.15) is 0 Å². The first kappa shape index (κ1) is 16.2. The topological polar surface area (TPSA) is 84.5 Å². The highest BCUT2D eigenvalue weighted by molar-refractivity contribution is 7.92. The van der Waals surface area contributed by atoms with Gasteiger partial charge in [-0.25, -0.2) is 13.1 Å². The van der Waals surface area contributed by atoms with E-state index in [1.54, 1.807) is 6.08 Å². The molecule has 1 heterocycles. The summed E-state index contributed by atoms with van der Waals surface area (Å²) in [5.74, 6) is -0.0697. The van der Waals surface area contributed by atoms with Crippen LogP contribution in [-0.2, 0) is 19.6 Å². The lowest BCUT2D eigenvalue weighted by atomic mass is 9.72. The predicted molar refractivity (Wildman–Crippen MR) is 86.8 cm³/mol. The Labute approximate surface area is 136 Å². The minimum Gasteiger partial charge on any atom is -0.376 e. The Morgan fingerprint density at radius 3 is 2.70 bits per heavy atom. The zero-order valence-electron chi connectivity index (χ0n) is 12.8. The van der Waals surface area contributed by atoms with Gasteiger partial charge in [0.15, 0.2) is 0 Å². The molecular weight excluding hydrogens is 316 g/mol. The van der Waals surface area contributed by atoms with Crippen LogP contribution in [0.25, 0.3) is 6.08 Å². The van der Waals surface area contributed by atoms with E-state index in [0.717, 1.165) is 17.4 Å². The monoisotopic (exact) mass is 336 g/mol. The van der Waals surface area contributed by atoms with Crippen LogP contribution in [0.2, 0.25) is 0 Å². The Hall–Kier alpha value is -1.70. The van der Waals surface area contributed by atoms with Crippen molar-refractivity contribution < 1.29 is 17.9 Å². The number of carbonyl (C=O) groups is 1. The highest BCUT2D eigenvalue weighted by Crippen LogP contribution is 2.39. The van der Waals surface area contributed by atoms with Gasteiger partial charge in [0.1, 0.15) is 0 Å². The van der Waals surface area contributed by atoms with E-state index >= 15 is 0 Å². The standard InChI is InChI=1S/C16H20N2O4S/c1-11(19)17-15-14(13-7-9-22-16(13)15)18-23(20,21)10-8-12-5-3-2-4-6-12/h2-6,8,10,13-16,18H,7,9H2,1H3,(H,17,19)/b10-8+/t13-,14+,15-,16-/m0/s1. The first-order valence-corrected chi connectivity index (χ1v) is 9.15. The first-order chi connectivity index (χ1) is 11.0. The lowest BCUT2D eigenvalue weighted by Gasteiger charge is -2.47. The Balaban J connectivity index is 1.69. The summed E-state index contributed by atoms with van der Waals surface area (Å²) in [5, 5.41) is 3.95. The number of sulfonamides is 1. The largest absolute Gasteiger partial charge is 0.376 e. The summed E-state index contributed by atoms with van der Waals surface area (Å²) in [5.41, 5.74) is 0.812. The predicted octanol–water partition coefficient (Wildman–Crippen LogP) is 0.869. The maximum Gasteiger partial charge on any atom is 0.234 e. The molecule has 3 rings (SSSR count). The fourth-order valence-electron chi connectivity index (χ4n) is 3.24. The zero-order chi connectivity index (χ0) is 16.4. The van der Waals surface area contributed by atoms with Crippen molar-refractivity contribution in [1.82, 2.24) is 10.0 Å². The van der Waals surface area contributed by atoms with Crippen LogP contribution in [0.5, 0.6) is 0 Å². The van der Waals surface area contributed by atoms with Crippen molar-refractivity contribution in [2.24, 2.45) is 5.92 Å². The van der Waals surface area contributed by atoms with Crippen molar-refractivity contribution in [3.8, 4) is 0 Å². The van der Waals surface area contributed by atoms with Crippen molar-refractivity contribution in [3.05, 3.63) is 41.3 Å². The van der Waals surface area contributed by atoms with Gasteiger partial charge in [0.25, 0.3) is 0 Å². The lowest BCUT2D eigenvalue weighted by molar-refractivity contribution is -0.123. The van der Waals surface area contributed by atoms with Gasteiger partial charge in [0, 0.05) is 24.9 Å². The molecule has 1 saturated heterocycles. The summed E-state index contributed by atoms with van der Waals surface area (Å²) < 4.78 is 32.8. The van der Waals surface area contributed by atoms with Crippen molar-refractivity contribution >= 4 is 22.0 Å². The number of benzene rings is 1. The van der Waals surface area contributed by atoms with Crippen LogP contribution in [0.4, 0.5) is 0 Å². The maximum absolute atomic E-state index is 12.3. The molecule has 1 aromatic rings. The van der Waals surface area contributed by atoms with Gasteiger partial charge in [-0.15, -0.1) is 0 Å². The fraction of sp³-hybridized carbons (Fsp3) is 0.438. The van der Waals surface area contributed by atoms with E-state index in [1.165, 1.54) is 6.92 Å². The summed E-state index contributed by atoms with van der Waals surface area (Å²) in [4.78, 5) is 11.3. The van der Waals surface area contributed by atoms with Crippen molar-refractivity contribution in [2.75, 3.05) is 6.61 Å². The average Bonchev–Trinajstić information content (AvgIpc) is 2.95. The second-order valence-corrected chi connectivity index (χ2v) is 7.51. The Morgan fingerprint density at radius 1 is 1.26 bits per heavy atom. The molecule has 7 heteroatoms. The number of rotatable bonds is 5. The minimum absolute atomic E-state index is 0.0929. The highest BCUT2D eigenvalue weighted by Gasteiger charge is 2.55.